The standard InChI is InChI=1S/C37H45N7O/c1-7-43(8-2)35(45)37(5,6)30-9-10-33-32(22-30)31(34(42-33)29-20-25(3)19-26(4)21-29)13-17-40-36(41-24-38)44-18-14-28(23-44)27-11-15-39-16-12-27/h9-12,15-16,19-22,28,42H,7-8,13-14,17-18,23H2,1-6H3,(H,40,41). The number of amides is 1. The third kappa shape index (κ3) is 6.73. The van der Waals surface area contributed by atoms with Crippen molar-refractivity contribution in [3.05, 3.63) is 88.7 Å². The van der Waals surface area contributed by atoms with Crippen LogP contribution in [0.3, 0.4) is 0 Å². The summed E-state index contributed by atoms with van der Waals surface area (Å²) in [6.07, 6.45) is 7.39. The van der Waals surface area contributed by atoms with Crippen LogP contribution in [0.1, 0.15) is 67.9 Å². The molecule has 2 N–H and O–H groups in total. The number of rotatable bonds is 9. The van der Waals surface area contributed by atoms with Crippen LogP contribution in [0.4, 0.5) is 0 Å². The van der Waals surface area contributed by atoms with Crippen molar-refractivity contribution in [2.24, 2.45) is 4.99 Å². The van der Waals surface area contributed by atoms with Crippen molar-refractivity contribution in [2.45, 2.75) is 65.7 Å². The van der Waals surface area contributed by atoms with Gasteiger partial charge < -0.3 is 20.1 Å². The fourth-order valence-electron chi connectivity index (χ4n) is 6.72. The maximum Gasteiger partial charge on any atom is 0.232 e. The van der Waals surface area contributed by atoms with Crippen LogP contribution in [0.25, 0.3) is 22.2 Å². The molecule has 1 amide bonds. The van der Waals surface area contributed by atoms with E-state index < -0.39 is 5.41 Å². The maximum absolute atomic E-state index is 13.6. The molecule has 2 aromatic carbocycles. The lowest BCUT2D eigenvalue weighted by molar-refractivity contribution is -0.135. The molecule has 2 aromatic heterocycles. The normalized spacial score (nSPS) is 15.4. The van der Waals surface area contributed by atoms with E-state index in [1.165, 1.54) is 22.3 Å². The zero-order valence-corrected chi connectivity index (χ0v) is 27.4. The summed E-state index contributed by atoms with van der Waals surface area (Å²) in [5.41, 5.74) is 8.46. The zero-order chi connectivity index (χ0) is 32.1. The van der Waals surface area contributed by atoms with Gasteiger partial charge in [0.2, 0.25) is 18.1 Å². The molecule has 234 valence electrons. The summed E-state index contributed by atoms with van der Waals surface area (Å²) < 4.78 is 0. The number of benzene rings is 2. The number of H-pyrrole nitrogens is 1. The van der Waals surface area contributed by atoms with E-state index >= 15 is 0 Å². The first-order valence-electron chi connectivity index (χ1n) is 16.0. The number of hydrogen-bond donors (Lipinski definition) is 2. The fraction of sp³-hybridized carbons (Fsp3) is 0.405. The molecule has 1 aliphatic rings. The Morgan fingerprint density at radius 2 is 1.82 bits per heavy atom. The second-order valence-electron chi connectivity index (χ2n) is 12.6. The van der Waals surface area contributed by atoms with Crippen LogP contribution >= 0.6 is 0 Å². The van der Waals surface area contributed by atoms with Gasteiger partial charge in [-0.3, -0.25) is 9.78 Å². The SMILES string of the molecule is CCN(CC)C(=O)C(C)(C)c1ccc2[nH]c(-c3cc(C)cc(C)c3)c(CCN/C(=N/C#N)N3CCC(c4ccncc4)C3)c2c1. The van der Waals surface area contributed by atoms with E-state index in [0.29, 0.717) is 37.9 Å². The lowest BCUT2D eigenvalue weighted by Gasteiger charge is -2.31. The van der Waals surface area contributed by atoms with Gasteiger partial charge in [0.1, 0.15) is 0 Å². The average molecular weight is 604 g/mol. The largest absolute Gasteiger partial charge is 0.355 e. The molecule has 1 unspecified atom stereocenters. The maximum atomic E-state index is 13.6. The molecule has 0 spiro atoms. The second kappa shape index (κ2) is 13.6. The number of pyridine rings is 1. The number of nitrogens with one attached hydrogen (secondary N) is 2. The van der Waals surface area contributed by atoms with Crippen LogP contribution in [0, 0.1) is 25.3 Å². The summed E-state index contributed by atoms with van der Waals surface area (Å²) in [6, 6.07) is 17.1. The van der Waals surface area contributed by atoms with E-state index in [-0.39, 0.29) is 5.91 Å². The highest BCUT2D eigenvalue weighted by Crippen LogP contribution is 2.36. The number of nitrogens with zero attached hydrogens (tertiary/aromatic N) is 5. The number of likely N-dealkylation sites (N-methyl/N-ethyl adjacent to an activating group) is 1. The van der Waals surface area contributed by atoms with Gasteiger partial charge in [-0.2, -0.15) is 5.26 Å². The monoisotopic (exact) mass is 603 g/mol. The van der Waals surface area contributed by atoms with Gasteiger partial charge in [-0.05, 0) is 113 Å². The van der Waals surface area contributed by atoms with E-state index in [1.54, 1.807) is 0 Å². The number of guanidine groups is 1. The molecule has 8 nitrogen and oxygen atoms in total. The number of carbonyl (C=O) groups excluding carboxylic acids is 1. The van der Waals surface area contributed by atoms with Crippen LogP contribution in [-0.4, -0.2) is 64.4 Å². The van der Waals surface area contributed by atoms with E-state index in [4.69, 9.17) is 0 Å². The quantitative estimate of drug-likeness (QED) is 0.130. The van der Waals surface area contributed by atoms with Crippen LogP contribution in [-0.2, 0) is 16.6 Å². The Hall–Kier alpha value is -4.64. The Morgan fingerprint density at radius 1 is 1.11 bits per heavy atom. The van der Waals surface area contributed by atoms with Crippen molar-refractivity contribution in [3.8, 4) is 17.5 Å². The second-order valence-corrected chi connectivity index (χ2v) is 12.6. The smallest absolute Gasteiger partial charge is 0.232 e. The molecule has 4 aromatic rings. The third-order valence-electron chi connectivity index (χ3n) is 9.20. The summed E-state index contributed by atoms with van der Waals surface area (Å²) in [7, 11) is 0. The van der Waals surface area contributed by atoms with Gasteiger partial charge in [0.15, 0.2) is 0 Å². The molecule has 8 heteroatoms. The van der Waals surface area contributed by atoms with Crippen molar-refractivity contribution < 1.29 is 4.79 Å². The Kier molecular flexibility index (Phi) is 9.57. The number of hydrogen-bond acceptors (Lipinski definition) is 4. The molecule has 1 aliphatic heterocycles. The molecule has 0 bridgehead atoms. The number of aromatic nitrogens is 2. The summed E-state index contributed by atoms with van der Waals surface area (Å²) >= 11 is 0. The predicted octanol–water partition coefficient (Wildman–Crippen LogP) is 6.45. The molecule has 0 saturated carbocycles. The Balaban J connectivity index is 1.46. The first-order valence-corrected chi connectivity index (χ1v) is 16.0. The summed E-state index contributed by atoms with van der Waals surface area (Å²) in [6.45, 7) is 16.0. The average Bonchev–Trinajstić information content (AvgIpc) is 3.66. The van der Waals surface area contributed by atoms with Gasteiger partial charge in [-0.25, -0.2) is 0 Å². The zero-order valence-electron chi connectivity index (χ0n) is 27.4. The van der Waals surface area contributed by atoms with Crippen molar-refractivity contribution in [1.29, 1.82) is 5.26 Å². The molecule has 5 rings (SSSR count). The van der Waals surface area contributed by atoms with Crippen molar-refractivity contribution in [3.63, 3.8) is 0 Å². The number of fused-ring (bicyclic) bond motifs is 1. The van der Waals surface area contributed by atoms with E-state index in [0.717, 1.165) is 47.2 Å². The number of nitriles is 1. The van der Waals surface area contributed by atoms with E-state index in [1.807, 2.05) is 51.2 Å². The third-order valence-corrected chi connectivity index (χ3v) is 9.20. The molecular weight excluding hydrogens is 558 g/mol. The fourth-order valence-corrected chi connectivity index (χ4v) is 6.72. The number of carbonyl (C=O) groups is 1. The lowest BCUT2D eigenvalue weighted by atomic mass is 9.82. The Morgan fingerprint density at radius 3 is 2.49 bits per heavy atom. The van der Waals surface area contributed by atoms with Crippen LogP contribution < -0.4 is 5.32 Å². The van der Waals surface area contributed by atoms with Gasteiger partial charge in [0, 0.05) is 67.6 Å². The molecule has 45 heavy (non-hydrogen) atoms. The number of aliphatic imine (C=N–C) groups is 1. The molecular formula is C37H45N7O. The minimum Gasteiger partial charge on any atom is -0.355 e. The van der Waals surface area contributed by atoms with Gasteiger partial charge in [-0.15, -0.1) is 4.99 Å². The van der Waals surface area contributed by atoms with Gasteiger partial charge >= 0.3 is 0 Å². The van der Waals surface area contributed by atoms with Gasteiger partial charge in [0.25, 0.3) is 0 Å². The topological polar surface area (TPSA) is 100 Å². The van der Waals surface area contributed by atoms with Gasteiger partial charge in [0.05, 0.1) is 5.41 Å². The molecule has 1 atom stereocenters. The van der Waals surface area contributed by atoms with Crippen molar-refractivity contribution >= 4 is 22.8 Å². The van der Waals surface area contributed by atoms with Crippen LogP contribution in [0.2, 0.25) is 0 Å². The highest BCUT2D eigenvalue weighted by atomic mass is 16.2. The minimum atomic E-state index is -0.666. The summed E-state index contributed by atoms with van der Waals surface area (Å²) in [5.74, 6) is 1.13. The summed E-state index contributed by atoms with van der Waals surface area (Å²) in [5, 5.41) is 14.1. The van der Waals surface area contributed by atoms with Crippen molar-refractivity contribution in [2.75, 3.05) is 32.7 Å². The molecule has 0 radical (unpaired) electrons. The van der Waals surface area contributed by atoms with Crippen molar-refractivity contribution in [1.82, 2.24) is 25.1 Å². The number of likely N-dealkylation sites (tertiary alicyclic amines) is 1. The molecule has 3 heterocycles. The Labute approximate surface area is 267 Å². The number of aryl methyl sites for hydroxylation is 2. The minimum absolute atomic E-state index is 0.133. The van der Waals surface area contributed by atoms with Gasteiger partial charge in [-0.1, -0.05) is 23.3 Å². The Bertz CT molecular complexity index is 1710. The molecule has 0 aliphatic carbocycles. The van der Waals surface area contributed by atoms with E-state index in [2.05, 4.69) is 87.6 Å². The number of aromatic amines is 1. The van der Waals surface area contributed by atoms with E-state index in [9.17, 15) is 10.1 Å². The first-order chi connectivity index (χ1) is 21.7. The van der Waals surface area contributed by atoms with Crippen LogP contribution in [0.15, 0.2) is 65.9 Å². The lowest BCUT2D eigenvalue weighted by Crippen LogP contribution is -2.43. The molecule has 1 saturated heterocycles. The highest BCUT2D eigenvalue weighted by Gasteiger charge is 2.33. The van der Waals surface area contributed by atoms with Crippen LogP contribution in [0.5, 0.6) is 0 Å². The predicted molar refractivity (Wildman–Crippen MR) is 182 cm³/mol. The highest BCUT2D eigenvalue weighted by molar-refractivity contribution is 5.94. The molecule has 1 fully saturated rings. The first kappa shape index (κ1) is 31.8. The summed E-state index contributed by atoms with van der Waals surface area (Å²) in [4.78, 5) is 29.7.